The Kier molecular flexibility index (Phi) is 19.5. The summed E-state index contributed by atoms with van der Waals surface area (Å²) in [6, 6.07) is 0. The van der Waals surface area contributed by atoms with Crippen LogP contribution >= 0.6 is 0 Å². The van der Waals surface area contributed by atoms with E-state index in [-0.39, 0.29) is 11.1 Å². The van der Waals surface area contributed by atoms with Crippen LogP contribution in [-0.2, 0) is 9.59 Å². The molecular formula is C28H52O4. The summed E-state index contributed by atoms with van der Waals surface area (Å²) in [7, 11) is 0. The highest BCUT2D eigenvalue weighted by Gasteiger charge is 2.19. The quantitative estimate of drug-likeness (QED) is 0.127. The van der Waals surface area contributed by atoms with E-state index >= 15 is 0 Å². The van der Waals surface area contributed by atoms with Crippen molar-refractivity contribution in [1.82, 2.24) is 0 Å². The second-order valence-electron chi connectivity index (χ2n) is 9.97. The number of aliphatic carboxylic acids is 2. The first-order valence-electron chi connectivity index (χ1n) is 13.5. The number of unbranched alkanes of at least 4 members (excludes halogenated alkanes) is 8. The van der Waals surface area contributed by atoms with Gasteiger partial charge in [0.2, 0.25) is 0 Å². The molecule has 0 fully saturated rings. The lowest BCUT2D eigenvalue weighted by Gasteiger charge is -2.13. The summed E-state index contributed by atoms with van der Waals surface area (Å²) in [4.78, 5) is 23.5. The van der Waals surface area contributed by atoms with E-state index in [1.807, 2.05) is 0 Å². The molecular weight excluding hydrogens is 400 g/mol. The molecule has 2 unspecified atom stereocenters. The van der Waals surface area contributed by atoms with Gasteiger partial charge in [-0.1, -0.05) is 118 Å². The van der Waals surface area contributed by atoms with Gasteiger partial charge in [-0.05, 0) is 37.5 Å². The van der Waals surface area contributed by atoms with E-state index in [9.17, 15) is 19.8 Å². The van der Waals surface area contributed by atoms with Crippen molar-refractivity contribution in [2.45, 2.75) is 143 Å². The molecule has 0 aliphatic carbocycles. The molecule has 0 aromatic rings. The van der Waals surface area contributed by atoms with Crippen LogP contribution in [0.25, 0.3) is 0 Å². The monoisotopic (exact) mass is 452 g/mol. The maximum Gasteiger partial charge on any atom is 0.332 e. The molecule has 4 heteroatoms. The standard InChI is InChI=1S/C28H52O4/c1-5-7-9-11-17-23(3)19-13-15-21-25(27(29)30)26(28(31)32)22-16-14-20-24(4)18-12-10-8-6-2/h23-24H,5-22H2,1-4H3,(H,29,30)(H,31,32)/b26-25-. The van der Waals surface area contributed by atoms with Crippen LogP contribution in [0.5, 0.6) is 0 Å². The third kappa shape index (κ3) is 16.3. The van der Waals surface area contributed by atoms with Crippen molar-refractivity contribution in [3.05, 3.63) is 11.1 Å². The zero-order valence-electron chi connectivity index (χ0n) is 21.6. The topological polar surface area (TPSA) is 74.6 Å². The summed E-state index contributed by atoms with van der Waals surface area (Å²) in [5.74, 6) is -0.794. The van der Waals surface area contributed by atoms with Crippen molar-refractivity contribution < 1.29 is 19.8 Å². The Labute approximate surface area is 198 Å². The van der Waals surface area contributed by atoms with E-state index in [4.69, 9.17) is 0 Å². The number of hydrogen-bond donors (Lipinski definition) is 2. The zero-order valence-corrected chi connectivity index (χ0v) is 21.6. The van der Waals surface area contributed by atoms with Gasteiger partial charge in [0, 0.05) is 11.1 Å². The molecule has 0 amide bonds. The van der Waals surface area contributed by atoms with Gasteiger partial charge in [-0.3, -0.25) is 0 Å². The number of carboxylic acid groups (broad SMARTS) is 2. The molecule has 0 aromatic heterocycles. The first-order valence-corrected chi connectivity index (χ1v) is 13.5. The first kappa shape index (κ1) is 30.7. The van der Waals surface area contributed by atoms with E-state index in [0.717, 1.165) is 38.5 Å². The van der Waals surface area contributed by atoms with Gasteiger partial charge in [-0.2, -0.15) is 0 Å². The van der Waals surface area contributed by atoms with Crippen LogP contribution in [-0.4, -0.2) is 22.2 Å². The highest BCUT2D eigenvalue weighted by molar-refractivity contribution is 5.98. The molecule has 4 nitrogen and oxygen atoms in total. The van der Waals surface area contributed by atoms with Gasteiger partial charge >= 0.3 is 11.9 Å². The van der Waals surface area contributed by atoms with Crippen LogP contribution < -0.4 is 0 Å². The Morgan fingerprint density at radius 2 is 0.844 bits per heavy atom. The number of hydrogen-bond acceptors (Lipinski definition) is 2. The summed E-state index contributed by atoms with van der Waals surface area (Å²) >= 11 is 0. The zero-order chi connectivity index (χ0) is 24.2. The van der Waals surface area contributed by atoms with Gasteiger partial charge in [0.25, 0.3) is 0 Å². The van der Waals surface area contributed by atoms with Gasteiger partial charge in [-0.25, -0.2) is 9.59 Å². The predicted octanol–water partition coefficient (Wildman–Crippen LogP) is 8.79. The molecule has 0 aliphatic rings. The number of carbonyl (C=O) groups is 2. The third-order valence-corrected chi connectivity index (χ3v) is 6.73. The minimum Gasteiger partial charge on any atom is -0.478 e. The fourth-order valence-corrected chi connectivity index (χ4v) is 4.49. The van der Waals surface area contributed by atoms with Crippen molar-refractivity contribution in [3.63, 3.8) is 0 Å². The maximum atomic E-state index is 11.8. The number of rotatable bonds is 22. The van der Waals surface area contributed by atoms with Crippen LogP contribution in [0.4, 0.5) is 0 Å². The molecule has 0 spiro atoms. The molecule has 0 radical (unpaired) electrons. The molecule has 2 N–H and O–H groups in total. The Morgan fingerprint density at radius 1 is 0.531 bits per heavy atom. The van der Waals surface area contributed by atoms with Crippen LogP contribution in [0.1, 0.15) is 143 Å². The molecule has 0 saturated heterocycles. The Morgan fingerprint density at radius 3 is 1.12 bits per heavy atom. The summed E-state index contributed by atoms with van der Waals surface area (Å²) in [6.45, 7) is 8.98. The SMILES string of the molecule is CCCCCCC(C)CCCC/C(C(=O)O)=C(\CCCCC(C)CCCCCC)C(=O)O. The molecule has 0 heterocycles. The third-order valence-electron chi connectivity index (χ3n) is 6.73. The van der Waals surface area contributed by atoms with Crippen LogP contribution in [0.2, 0.25) is 0 Å². The van der Waals surface area contributed by atoms with Crippen molar-refractivity contribution in [2.24, 2.45) is 11.8 Å². The molecule has 0 aromatic carbocycles. The molecule has 0 aliphatic heterocycles. The smallest absolute Gasteiger partial charge is 0.332 e. The number of carboxylic acids is 2. The van der Waals surface area contributed by atoms with Crippen LogP contribution in [0.3, 0.4) is 0 Å². The van der Waals surface area contributed by atoms with Crippen molar-refractivity contribution >= 4 is 11.9 Å². The van der Waals surface area contributed by atoms with E-state index in [1.165, 1.54) is 64.2 Å². The molecule has 188 valence electrons. The summed E-state index contributed by atoms with van der Waals surface area (Å²) in [6.07, 6.45) is 19.1. The maximum absolute atomic E-state index is 11.8. The predicted molar refractivity (Wildman–Crippen MR) is 135 cm³/mol. The van der Waals surface area contributed by atoms with E-state index in [1.54, 1.807) is 0 Å². The molecule has 32 heavy (non-hydrogen) atoms. The molecule has 0 rings (SSSR count). The lowest BCUT2D eigenvalue weighted by molar-refractivity contribution is -0.136. The normalized spacial score (nSPS) is 14.1. The Hall–Kier alpha value is -1.32. The second kappa shape index (κ2) is 20.3. The van der Waals surface area contributed by atoms with Gasteiger partial charge in [0.1, 0.15) is 0 Å². The Bertz CT molecular complexity index is 478. The largest absolute Gasteiger partial charge is 0.478 e. The average molecular weight is 453 g/mol. The Balaban J connectivity index is 4.42. The van der Waals surface area contributed by atoms with Gasteiger partial charge in [0.05, 0.1) is 0 Å². The fourth-order valence-electron chi connectivity index (χ4n) is 4.49. The van der Waals surface area contributed by atoms with Gasteiger partial charge in [-0.15, -0.1) is 0 Å². The van der Waals surface area contributed by atoms with E-state index in [2.05, 4.69) is 27.7 Å². The van der Waals surface area contributed by atoms with Crippen molar-refractivity contribution in [2.75, 3.05) is 0 Å². The van der Waals surface area contributed by atoms with E-state index in [0.29, 0.717) is 24.7 Å². The molecule has 0 saturated carbocycles. The summed E-state index contributed by atoms with van der Waals surface area (Å²) < 4.78 is 0. The van der Waals surface area contributed by atoms with Crippen molar-refractivity contribution in [3.8, 4) is 0 Å². The van der Waals surface area contributed by atoms with Crippen LogP contribution in [0, 0.1) is 11.8 Å². The lowest BCUT2D eigenvalue weighted by atomic mass is 9.92. The van der Waals surface area contributed by atoms with E-state index < -0.39 is 11.9 Å². The highest BCUT2D eigenvalue weighted by Crippen LogP contribution is 2.23. The van der Waals surface area contributed by atoms with Gasteiger partial charge in [0.15, 0.2) is 0 Å². The van der Waals surface area contributed by atoms with Gasteiger partial charge < -0.3 is 10.2 Å². The minimum absolute atomic E-state index is 0.126. The minimum atomic E-state index is -1.06. The fraction of sp³-hybridized carbons (Fsp3) is 0.857. The lowest BCUT2D eigenvalue weighted by Crippen LogP contribution is -2.12. The highest BCUT2D eigenvalue weighted by atomic mass is 16.4. The van der Waals surface area contributed by atoms with Crippen molar-refractivity contribution in [1.29, 1.82) is 0 Å². The first-order chi connectivity index (χ1) is 15.3. The second-order valence-corrected chi connectivity index (χ2v) is 9.97. The summed E-state index contributed by atoms with van der Waals surface area (Å²) in [5, 5.41) is 19.3. The van der Waals surface area contributed by atoms with Crippen LogP contribution in [0.15, 0.2) is 11.1 Å². The summed E-state index contributed by atoms with van der Waals surface area (Å²) in [5.41, 5.74) is 0.251. The molecule has 2 atom stereocenters. The molecule has 0 bridgehead atoms. The average Bonchev–Trinajstić information content (AvgIpc) is 2.74.